The predicted molar refractivity (Wildman–Crippen MR) is 61.4 cm³/mol. The monoisotopic (exact) mass is 195 g/mol. The Kier molecular flexibility index (Phi) is 3.48. The summed E-state index contributed by atoms with van der Waals surface area (Å²) in [6, 6.07) is 0.951. The molecule has 2 rings (SSSR count). The molecule has 1 saturated heterocycles. The molecule has 82 valence electrons. The highest BCUT2D eigenvalue weighted by Gasteiger charge is 2.30. The summed E-state index contributed by atoms with van der Waals surface area (Å²) in [5.41, 5.74) is 0. The Hall–Kier alpha value is -0.0400. The number of hydrogen-bond acceptors (Lipinski definition) is 1. The van der Waals surface area contributed by atoms with Gasteiger partial charge in [-0.05, 0) is 37.6 Å². The van der Waals surface area contributed by atoms with Gasteiger partial charge in [0.15, 0.2) is 0 Å². The van der Waals surface area contributed by atoms with Gasteiger partial charge >= 0.3 is 0 Å². The second kappa shape index (κ2) is 4.65. The summed E-state index contributed by atoms with van der Waals surface area (Å²) in [7, 11) is 0. The number of rotatable bonds is 2. The van der Waals surface area contributed by atoms with E-state index in [0.717, 1.165) is 17.9 Å². The van der Waals surface area contributed by atoms with Gasteiger partial charge < -0.3 is 4.90 Å². The summed E-state index contributed by atoms with van der Waals surface area (Å²) in [5.74, 6) is 1.88. The molecule has 1 aliphatic heterocycles. The molecule has 1 nitrogen and oxygen atoms in total. The third-order valence-corrected chi connectivity index (χ3v) is 4.29. The topological polar surface area (TPSA) is 3.24 Å². The van der Waals surface area contributed by atoms with Gasteiger partial charge in [0.05, 0.1) is 0 Å². The van der Waals surface area contributed by atoms with Crippen LogP contribution >= 0.6 is 0 Å². The largest absolute Gasteiger partial charge is 0.300 e. The van der Waals surface area contributed by atoms with Gasteiger partial charge in [0.2, 0.25) is 0 Å². The molecule has 1 atom stereocenters. The highest BCUT2D eigenvalue weighted by atomic mass is 15.2. The molecule has 1 aliphatic carbocycles. The van der Waals surface area contributed by atoms with Gasteiger partial charge in [-0.25, -0.2) is 0 Å². The van der Waals surface area contributed by atoms with Gasteiger partial charge in [0.1, 0.15) is 0 Å². The maximum atomic E-state index is 2.78. The third-order valence-electron chi connectivity index (χ3n) is 4.29. The quantitative estimate of drug-likeness (QED) is 0.653. The van der Waals surface area contributed by atoms with Crippen molar-refractivity contribution in [3.05, 3.63) is 0 Å². The van der Waals surface area contributed by atoms with Crippen molar-refractivity contribution in [1.82, 2.24) is 4.90 Å². The van der Waals surface area contributed by atoms with Gasteiger partial charge in [-0.2, -0.15) is 0 Å². The minimum Gasteiger partial charge on any atom is -0.300 e. The van der Waals surface area contributed by atoms with Gasteiger partial charge in [0.25, 0.3) is 0 Å². The van der Waals surface area contributed by atoms with E-state index in [1.165, 1.54) is 51.6 Å². The van der Waals surface area contributed by atoms with Gasteiger partial charge in [-0.1, -0.05) is 33.1 Å². The molecule has 0 radical (unpaired) electrons. The van der Waals surface area contributed by atoms with Gasteiger partial charge in [-0.15, -0.1) is 0 Å². The normalized spacial score (nSPS) is 31.5. The van der Waals surface area contributed by atoms with E-state index in [-0.39, 0.29) is 0 Å². The van der Waals surface area contributed by atoms with E-state index >= 15 is 0 Å². The molecule has 0 aromatic carbocycles. The first-order chi connectivity index (χ1) is 6.77. The fourth-order valence-corrected chi connectivity index (χ4v) is 3.14. The van der Waals surface area contributed by atoms with Gasteiger partial charge in [0, 0.05) is 12.6 Å². The first-order valence-electron chi connectivity index (χ1n) is 6.51. The summed E-state index contributed by atoms with van der Waals surface area (Å²) in [6.45, 7) is 7.54. The highest BCUT2D eigenvalue weighted by molar-refractivity contribution is 4.84. The number of likely N-dealkylation sites (tertiary alicyclic amines) is 1. The molecule has 2 fully saturated rings. The third kappa shape index (κ3) is 2.31. The van der Waals surface area contributed by atoms with Crippen LogP contribution in [0.5, 0.6) is 0 Å². The minimum absolute atomic E-state index is 0.892. The molecule has 0 aromatic rings. The predicted octanol–water partition coefficient (Wildman–Crippen LogP) is 3.30. The Morgan fingerprint density at radius 2 is 1.71 bits per heavy atom. The van der Waals surface area contributed by atoms with Crippen molar-refractivity contribution in [2.75, 3.05) is 13.1 Å². The van der Waals surface area contributed by atoms with Crippen LogP contribution in [0, 0.1) is 11.8 Å². The van der Waals surface area contributed by atoms with E-state index in [1.807, 2.05) is 0 Å². The van der Waals surface area contributed by atoms with Crippen LogP contribution in [-0.4, -0.2) is 24.0 Å². The van der Waals surface area contributed by atoms with Crippen LogP contribution in [0.25, 0.3) is 0 Å². The first-order valence-corrected chi connectivity index (χ1v) is 6.51. The van der Waals surface area contributed by atoms with E-state index in [0.29, 0.717) is 0 Å². The minimum atomic E-state index is 0.892. The fourth-order valence-electron chi connectivity index (χ4n) is 3.14. The van der Waals surface area contributed by atoms with Crippen molar-refractivity contribution in [1.29, 1.82) is 0 Å². The zero-order valence-electron chi connectivity index (χ0n) is 9.84. The van der Waals surface area contributed by atoms with Crippen LogP contribution < -0.4 is 0 Å². The summed E-state index contributed by atoms with van der Waals surface area (Å²) < 4.78 is 0. The Morgan fingerprint density at radius 1 is 1.00 bits per heavy atom. The molecule has 0 amide bonds. The lowest BCUT2D eigenvalue weighted by atomic mass is 9.93. The Balaban J connectivity index is 1.82. The maximum absolute atomic E-state index is 2.78. The molecular weight excluding hydrogens is 170 g/mol. The molecule has 1 saturated carbocycles. The first kappa shape index (κ1) is 10.5. The smallest absolute Gasteiger partial charge is 0.00953 e. The average molecular weight is 195 g/mol. The van der Waals surface area contributed by atoms with Crippen LogP contribution in [-0.2, 0) is 0 Å². The summed E-state index contributed by atoms with van der Waals surface area (Å²) in [6.07, 6.45) is 8.85. The molecule has 1 unspecified atom stereocenters. The van der Waals surface area contributed by atoms with Crippen molar-refractivity contribution >= 4 is 0 Å². The van der Waals surface area contributed by atoms with Crippen LogP contribution in [0.1, 0.15) is 52.4 Å². The van der Waals surface area contributed by atoms with Crippen molar-refractivity contribution in [2.45, 2.75) is 58.4 Å². The molecule has 1 heteroatoms. The Labute approximate surface area is 88.9 Å². The molecule has 0 N–H and O–H groups in total. The van der Waals surface area contributed by atoms with Crippen LogP contribution in [0.15, 0.2) is 0 Å². The lowest BCUT2D eigenvalue weighted by Gasteiger charge is -2.31. The van der Waals surface area contributed by atoms with E-state index in [4.69, 9.17) is 0 Å². The van der Waals surface area contributed by atoms with Crippen molar-refractivity contribution in [2.24, 2.45) is 11.8 Å². The van der Waals surface area contributed by atoms with E-state index in [2.05, 4.69) is 18.7 Å². The lowest BCUT2D eigenvalue weighted by molar-refractivity contribution is 0.180. The fraction of sp³-hybridized carbons (Fsp3) is 1.00. The number of nitrogens with zero attached hydrogens (tertiary/aromatic N) is 1. The Morgan fingerprint density at radius 3 is 2.29 bits per heavy atom. The second-order valence-corrected chi connectivity index (χ2v) is 5.58. The molecular formula is C13H25N. The second-order valence-electron chi connectivity index (χ2n) is 5.58. The SMILES string of the molecule is CC(C)C1CCN(C2CCCCC2)C1. The van der Waals surface area contributed by atoms with E-state index in [9.17, 15) is 0 Å². The average Bonchev–Trinajstić information content (AvgIpc) is 2.68. The molecule has 1 heterocycles. The molecule has 0 spiro atoms. The lowest BCUT2D eigenvalue weighted by Crippen LogP contribution is -2.35. The zero-order chi connectivity index (χ0) is 9.97. The molecule has 2 aliphatic rings. The standard InChI is InChI=1S/C13H25N/c1-11(2)12-8-9-14(10-12)13-6-4-3-5-7-13/h11-13H,3-10H2,1-2H3. The van der Waals surface area contributed by atoms with Crippen molar-refractivity contribution in [3.63, 3.8) is 0 Å². The Bertz CT molecular complexity index is 170. The summed E-state index contributed by atoms with van der Waals surface area (Å²) in [4.78, 5) is 2.78. The zero-order valence-corrected chi connectivity index (χ0v) is 9.84. The maximum Gasteiger partial charge on any atom is 0.00953 e. The van der Waals surface area contributed by atoms with E-state index in [1.54, 1.807) is 0 Å². The van der Waals surface area contributed by atoms with Crippen LogP contribution in [0.2, 0.25) is 0 Å². The van der Waals surface area contributed by atoms with Crippen LogP contribution in [0.4, 0.5) is 0 Å². The molecule has 0 aromatic heterocycles. The van der Waals surface area contributed by atoms with Crippen molar-refractivity contribution < 1.29 is 0 Å². The van der Waals surface area contributed by atoms with Gasteiger partial charge in [-0.3, -0.25) is 0 Å². The summed E-state index contributed by atoms with van der Waals surface area (Å²) >= 11 is 0. The highest BCUT2D eigenvalue weighted by Crippen LogP contribution is 2.30. The van der Waals surface area contributed by atoms with Crippen molar-refractivity contribution in [3.8, 4) is 0 Å². The van der Waals surface area contributed by atoms with Crippen LogP contribution in [0.3, 0.4) is 0 Å². The number of hydrogen-bond donors (Lipinski definition) is 0. The van der Waals surface area contributed by atoms with E-state index < -0.39 is 0 Å². The summed E-state index contributed by atoms with van der Waals surface area (Å²) in [5, 5.41) is 0. The molecule has 0 bridgehead atoms. The molecule has 14 heavy (non-hydrogen) atoms.